The standard InChI is InChI=1S/C32H28F6N4O3/c33-31(34,35)24-12-13-26(32(36,37)38)23(19-24)11-14-28(43)41-17-15-40(16-18-41)27-20-39-42(25-9-5-2-6-10-25)30(44)29(27)45-21-22-7-3-1-4-8-22/h1-10,12-13,19-20H,11,14-18,21H2. The van der Waals surface area contributed by atoms with Crippen LogP contribution in [0.25, 0.3) is 5.69 Å². The number of hydrogen-bond donors (Lipinski definition) is 0. The third kappa shape index (κ3) is 7.47. The minimum absolute atomic E-state index is 0.0710. The molecule has 0 saturated carbocycles. The molecule has 45 heavy (non-hydrogen) atoms. The van der Waals surface area contributed by atoms with Gasteiger partial charge < -0.3 is 14.5 Å². The fourth-order valence-corrected chi connectivity index (χ4v) is 5.12. The van der Waals surface area contributed by atoms with Gasteiger partial charge in [-0.2, -0.15) is 36.1 Å². The van der Waals surface area contributed by atoms with Gasteiger partial charge in [0.1, 0.15) is 12.3 Å². The summed E-state index contributed by atoms with van der Waals surface area (Å²) in [6, 6.07) is 19.3. The largest absolute Gasteiger partial charge is 0.481 e. The van der Waals surface area contributed by atoms with Crippen LogP contribution in [0.1, 0.15) is 28.7 Å². The zero-order chi connectivity index (χ0) is 32.2. The van der Waals surface area contributed by atoms with Gasteiger partial charge in [0.15, 0.2) is 0 Å². The minimum atomic E-state index is -4.86. The van der Waals surface area contributed by atoms with E-state index < -0.39 is 53.4 Å². The van der Waals surface area contributed by atoms with E-state index in [1.807, 2.05) is 41.3 Å². The maximum absolute atomic E-state index is 13.6. The molecule has 1 aromatic heterocycles. The smallest absolute Gasteiger partial charge is 0.416 e. The number of para-hydroxylation sites is 1. The first-order valence-electron chi connectivity index (χ1n) is 14.1. The third-order valence-corrected chi connectivity index (χ3v) is 7.46. The van der Waals surface area contributed by atoms with E-state index >= 15 is 0 Å². The molecule has 1 fully saturated rings. The first-order valence-corrected chi connectivity index (χ1v) is 14.1. The summed E-state index contributed by atoms with van der Waals surface area (Å²) < 4.78 is 87.2. The van der Waals surface area contributed by atoms with Crippen LogP contribution in [0.3, 0.4) is 0 Å². The second kappa shape index (κ2) is 13.0. The molecule has 236 valence electrons. The van der Waals surface area contributed by atoms with Crippen LogP contribution in [0.2, 0.25) is 0 Å². The topological polar surface area (TPSA) is 67.7 Å². The highest BCUT2D eigenvalue weighted by Gasteiger charge is 2.37. The van der Waals surface area contributed by atoms with Gasteiger partial charge in [0.05, 0.1) is 23.0 Å². The number of halogens is 6. The Hall–Kier alpha value is -4.81. The number of benzene rings is 3. The zero-order valence-corrected chi connectivity index (χ0v) is 23.8. The first-order chi connectivity index (χ1) is 21.4. The van der Waals surface area contributed by atoms with E-state index in [1.165, 1.54) is 15.8 Å². The lowest BCUT2D eigenvalue weighted by atomic mass is 9.98. The predicted octanol–water partition coefficient (Wildman–Crippen LogP) is 6.13. The Kier molecular flexibility index (Phi) is 9.16. The maximum atomic E-state index is 13.6. The lowest BCUT2D eigenvalue weighted by Gasteiger charge is -2.36. The second-order valence-corrected chi connectivity index (χ2v) is 10.4. The lowest BCUT2D eigenvalue weighted by molar-refractivity contribution is -0.142. The van der Waals surface area contributed by atoms with Crippen LogP contribution in [-0.2, 0) is 30.2 Å². The van der Waals surface area contributed by atoms with Crippen molar-refractivity contribution in [2.24, 2.45) is 0 Å². The molecule has 0 unspecified atom stereocenters. The molecule has 1 aliphatic heterocycles. The Labute approximate surface area is 254 Å². The number of hydrogen-bond acceptors (Lipinski definition) is 5. The molecule has 0 N–H and O–H groups in total. The minimum Gasteiger partial charge on any atom is -0.481 e. The summed E-state index contributed by atoms with van der Waals surface area (Å²) in [5.74, 6) is -0.417. The van der Waals surface area contributed by atoms with Crippen molar-refractivity contribution in [1.82, 2.24) is 14.7 Å². The molecule has 13 heteroatoms. The van der Waals surface area contributed by atoms with Crippen LogP contribution in [0, 0.1) is 0 Å². The average molecular weight is 631 g/mol. The number of aryl methyl sites for hydroxylation is 1. The summed E-state index contributed by atoms with van der Waals surface area (Å²) in [6.45, 7) is 0.999. The van der Waals surface area contributed by atoms with Crippen molar-refractivity contribution in [3.63, 3.8) is 0 Å². The summed E-state index contributed by atoms with van der Waals surface area (Å²) in [7, 11) is 0. The van der Waals surface area contributed by atoms with Crippen molar-refractivity contribution < 1.29 is 35.9 Å². The zero-order valence-electron chi connectivity index (χ0n) is 23.8. The summed E-state index contributed by atoms with van der Waals surface area (Å²) in [4.78, 5) is 29.8. The number of aromatic nitrogens is 2. The molecule has 1 aliphatic rings. The highest BCUT2D eigenvalue weighted by Crippen LogP contribution is 2.37. The number of carbonyl (C=O) groups excluding carboxylic acids is 1. The van der Waals surface area contributed by atoms with Crippen molar-refractivity contribution in [3.05, 3.63) is 118 Å². The van der Waals surface area contributed by atoms with Crippen molar-refractivity contribution in [2.45, 2.75) is 31.8 Å². The van der Waals surface area contributed by atoms with Crippen molar-refractivity contribution >= 4 is 11.6 Å². The van der Waals surface area contributed by atoms with E-state index in [1.54, 1.807) is 24.3 Å². The Morgan fingerprint density at radius 1 is 0.822 bits per heavy atom. The van der Waals surface area contributed by atoms with Crippen molar-refractivity contribution in [1.29, 1.82) is 0 Å². The number of nitrogens with zero attached hydrogens (tertiary/aromatic N) is 4. The van der Waals surface area contributed by atoms with E-state index in [0.29, 0.717) is 29.6 Å². The molecule has 7 nitrogen and oxygen atoms in total. The van der Waals surface area contributed by atoms with Crippen LogP contribution < -0.4 is 15.2 Å². The van der Waals surface area contributed by atoms with Gasteiger partial charge in [-0.15, -0.1) is 0 Å². The van der Waals surface area contributed by atoms with Crippen LogP contribution in [0.4, 0.5) is 32.0 Å². The van der Waals surface area contributed by atoms with E-state index in [9.17, 15) is 35.9 Å². The molecule has 1 saturated heterocycles. The SMILES string of the molecule is O=C(CCc1cc(C(F)(F)F)ccc1C(F)(F)F)N1CCN(c2cnn(-c3ccccc3)c(=O)c2OCc2ccccc2)CC1. The van der Waals surface area contributed by atoms with Crippen LogP contribution >= 0.6 is 0 Å². The monoisotopic (exact) mass is 630 g/mol. The molecular weight excluding hydrogens is 602 g/mol. The van der Waals surface area contributed by atoms with Crippen molar-refractivity contribution in [3.8, 4) is 11.4 Å². The molecular formula is C32H28F6N4O3. The molecule has 4 aromatic rings. The number of alkyl halides is 6. The number of carbonyl (C=O) groups is 1. The second-order valence-electron chi connectivity index (χ2n) is 10.4. The number of amides is 1. The molecule has 0 spiro atoms. The van der Waals surface area contributed by atoms with Gasteiger partial charge in [0.25, 0.3) is 0 Å². The highest BCUT2D eigenvalue weighted by molar-refractivity contribution is 5.77. The Morgan fingerprint density at radius 3 is 2.09 bits per heavy atom. The predicted molar refractivity (Wildman–Crippen MR) is 154 cm³/mol. The van der Waals surface area contributed by atoms with Gasteiger partial charge in [0.2, 0.25) is 11.7 Å². The number of anilines is 1. The van der Waals surface area contributed by atoms with E-state index in [4.69, 9.17) is 4.74 Å². The van der Waals surface area contributed by atoms with Crippen LogP contribution in [-0.4, -0.2) is 46.8 Å². The molecule has 5 rings (SSSR count). The fourth-order valence-electron chi connectivity index (χ4n) is 5.12. The molecule has 0 radical (unpaired) electrons. The van der Waals surface area contributed by atoms with E-state index in [0.717, 1.165) is 5.56 Å². The van der Waals surface area contributed by atoms with Crippen molar-refractivity contribution in [2.75, 3.05) is 31.1 Å². The summed E-state index contributed by atoms with van der Waals surface area (Å²) in [6.07, 6.45) is -9.07. The van der Waals surface area contributed by atoms with Gasteiger partial charge in [0, 0.05) is 32.6 Å². The lowest BCUT2D eigenvalue weighted by Crippen LogP contribution is -2.49. The fraction of sp³-hybridized carbons (Fsp3) is 0.281. The van der Waals surface area contributed by atoms with Gasteiger partial charge in [-0.1, -0.05) is 48.5 Å². The molecule has 0 aliphatic carbocycles. The van der Waals surface area contributed by atoms with E-state index in [-0.39, 0.29) is 38.5 Å². The number of rotatable bonds is 8. The third-order valence-electron chi connectivity index (χ3n) is 7.46. The molecule has 3 aromatic carbocycles. The van der Waals surface area contributed by atoms with E-state index in [2.05, 4.69) is 5.10 Å². The number of piperazine rings is 1. The Balaban J connectivity index is 1.30. The summed E-state index contributed by atoms with van der Waals surface area (Å²) in [5.41, 5.74) is -1.66. The van der Waals surface area contributed by atoms with Gasteiger partial charge >= 0.3 is 17.9 Å². The molecule has 0 bridgehead atoms. The molecule has 2 heterocycles. The highest BCUT2D eigenvalue weighted by atomic mass is 19.4. The van der Waals surface area contributed by atoms with Gasteiger partial charge in [-0.05, 0) is 47.9 Å². The Bertz CT molecular complexity index is 1680. The van der Waals surface area contributed by atoms with Gasteiger partial charge in [-0.3, -0.25) is 9.59 Å². The molecule has 0 atom stereocenters. The van der Waals surface area contributed by atoms with Crippen LogP contribution in [0.15, 0.2) is 89.9 Å². The quantitative estimate of drug-likeness (QED) is 0.219. The average Bonchev–Trinajstić information content (AvgIpc) is 3.03. The summed E-state index contributed by atoms with van der Waals surface area (Å²) >= 11 is 0. The Morgan fingerprint density at radius 2 is 1.47 bits per heavy atom. The molecule has 1 amide bonds. The normalized spacial score (nSPS) is 14.0. The number of ether oxygens (including phenoxy) is 1. The maximum Gasteiger partial charge on any atom is 0.416 e. The van der Waals surface area contributed by atoms with Crippen LogP contribution in [0.5, 0.6) is 5.75 Å². The summed E-state index contributed by atoms with van der Waals surface area (Å²) in [5, 5.41) is 4.34. The first kappa shape index (κ1) is 31.6. The van der Waals surface area contributed by atoms with Gasteiger partial charge in [-0.25, -0.2) is 0 Å².